The largest absolute Gasteiger partial charge is 0.358 e. The molecule has 0 spiro atoms. The predicted octanol–water partition coefficient (Wildman–Crippen LogP) is 3.51. The van der Waals surface area contributed by atoms with E-state index in [2.05, 4.69) is 17.1 Å². The molecule has 1 aromatic carbocycles. The number of H-pyrrole nitrogens is 1. The molecule has 0 aliphatic heterocycles. The topological polar surface area (TPSA) is 15.8 Å². The summed E-state index contributed by atoms with van der Waals surface area (Å²) in [7, 11) is 0. The number of fused-ring (bicyclic) bond motifs is 1. The van der Waals surface area contributed by atoms with Crippen LogP contribution in [0.25, 0.3) is 10.9 Å². The monoisotopic (exact) mass is 213 g/mol. The summed E-state index contributed by atoms with van der Waals surface area (Å²) in [4.78, 5) is 2.92. The van der Waals surface area contributed by atoms with Gasteiger partial charge < -0.3 is 4.98 Å². The Bertz CT molecular complexity index is 373. The third kappa shape index (κ3) is 1.98. The van der Waals surface area contributed by atoms with Crippen molar-refractivity contribution in [2.75, 3.05) is 0 Å². The zero-order valence-electron chi connectivity index (χ0n) is 6.93. The molecule has 3 heteroatoms. The zero-order valence-corrected chi connectivity index (χ0v) is 8.44. The number of para-hydroxylation sites is 1. The number of rotatable bonds is 2. The van der Waals surface area contributed by atoms with Gasteiger partial charge in [-0.1, -0.05) is 18.2 Å². The molecule has 2 aromatic rings. The number of nitrogens with one attached hydrogen (secondary N) is 1. The van der Waals surface area contributed by atoms with Gasteiger partial charge in [-0.2, -0.15) is 0 Å². The van der Waals surface area contributed by atoms with Crippen LogP contribution in [-0.2, 0) is 6.42 Å². The Morgan fingerprint density at radius 3 is 2.69 bits per heavy atom. The number of halogens is 2. The van der Waals surface area contributed by atoms with E-state index < -0.39 is 0 Å². The highest BCUT2D eigenvalue weighted by Crippen LogP contribution is 2.17. The van der Waals surface area contributed by atoms with Gasteiger partial charge in [0.2, 0.25) is 0 Å². The zero-order chi connectivity index (χ0) is 9.26. The molecule has 0 fully saturated rings. The van der Waals surface area contributed by atoms with E-state index >= 15 is 0 Å². The number of benzene rings is 1. The van der Waals surface area contributed by atoms with Gasteiger partial charge in [-0.05, 0) is 17.5 Å². The Kier molecular flexibility index (Phi) is 2.47. The van der Waals surface area contributed by atoms with Crippen LogP contribution in [0.4, 0.5) is 0 Å². The Hall–Kier alpha value is -0.660. The number of hydrogen-bond donors (Lipinski definition) is 1. The molecule has 0 aliphatic rings. The maximum Gasteiger partial charge on any atom is 0.113 e. The number of aromatic nitrogens is 1. The first-order valence-electron chi connectivity index (χ1n) is 4.10. The predicted molar refractivity (Wildman–Crippen MR) is 57.5 cm³/mol. The van der Waals surface area contributed by atoms with Gasteiger partial charge in [0.25, 0.3) is 0 Å². The number of alkyl halides is 2. The molecule has 2 rings (SSSR count). The summed E-state index contributed by atoms with van der Waals surface area (Å²) in [6, 6.07) is 10.2. The summed E-state index contributed by atoms with van der Waals surface area (Å²) in [5.74, 6) is 0. The Labute approximate surface area is 86.7 Å². The maximum absolute atomic E-state index is 5.69. The summed E-state index contributed by atoms with van der Waals surface area (Å²) < 4.78 is 0. The van der Waals surface area contributed by atoms with Crippen molar-refractivity contribution in [3.63, 3.8) is 0 Å². The minimum Gasteiger partial charge on any atom is -0.358 e. The number of aromatic amines is 1. The first-order valence-corrected chi connectivity index (χ1v) is 4.98. The van der Waals surface area contributed by atoms with Gasteiger partial charge in [0.05, 0.1) is 0 Å². The molecule has 0 radical (unpaired) electrons. The van der Waals surface area contributed by atoms with E-state index in [0.29, 0.717) is 6.42 Å². The van der Waals surface area contributed by atoms with Crippen molar-refractivity contribution < 1.29 is 0 Å². The summed E-state index contributed by atoms with van der Waals surface area (Å²) in [5.41, 5.74) is 2.21. The lowest BCUT2D eigenvalue weighted by Crippen LogP contribution is -1.93. The Morgan fingerprint density at radius 1 is 1.23 bits per heavy atom. The second-order valence-electron chi connectivity index (χ2n) is 2.98. The van der Waals surface area contributed by atoms with Crippen LogP contribution in [0.1, 0.15) is 5.69 Å². The molecule has 0 amide bonds. The Morgan fingerprint density at radius 2 is 2.00 bits per heavy atom. The maximum atomic E-state index is 5.69. The van der Waals surface area contributed by atoms with Crippen LogP contribution < -0.4 is 0 Å². The van der Waals surface area contributed by atoms with E-state index in [1.807, 2.05) is 18.2 Å². The van der Waals surface area contributed by atoms with Gasteiger partial charge in [0.1, 0.15) is 4.84 Å². The Balaban J connectivity index is 2.38. The van der Waals surface area contributed by atoms with E-state index in [9.17, 15) is 0 Å². The molecule has 0 bridgehead atoms. The molecule has 1 aromatic heterocycles. The van der Waals surface area contributed by atoms with E-state index in [1.54, 1.807) is 0 Å². The molecule has 0 unspecified atom stereocenters. The quantitative estimate of drug-likeness (QED) is 0.736. The molecule has 68 valence electrons. The average Bonchev–Trinajstić information content (AvgIpc) is 2.44. The summed E-state index contributed by atoms with van der Waals surface area (Å²) in [6.45, 7) is 0. The van der Waals surface area contributed by atoms with E-state index in [4.69, 9.17) is 23.2 Å². The third-order valence-electron chi connectivity index (χ3n) is 1.96. The van der Waals surface area contributed by atoms with Crippen molar-refractivity contribution >= 4 is 34.1 Å². The van der Waals surface area contributed by atoms with Crippen LogP contribution in [0.5, 0.6) is 0 Å². The molecule has 1 N–H and O–H groups in total. The van der Waals surface area contributed by atoms with Crippen LogP contribution in [0.3, 0.4) is 0 Å². The van der Waals surface area contributed by atoms with Crippen molar-refractivity contribution in [2.24, 2.45) is 0 Å². The second-order valence-corrected chi connectivity index (χ2v) is 4.25. The second kappa shape index (κ2) is 3.60. The van der Waals surface area contributed by atoms with Crippen LogP contribution in [0, 0.1) is 0 Å². The van der Waals surface area contributed by atoms with Gasteiger partial charge in [-0.25, -0.2) is 0 Å². The average molecular weight is 214 g/mol. The van der Waals surface area contributed by atoms with Crippen molar-refractivity contribution in [2.45, 2.75) is 11.3 Å². The van der Waals surface area contributed by atoms with E-state index in [-0.39, 0.29) is 4.84 Å². The molecule has 13 heavy (non-hydrogen) atoms. The van der Waals surface area contributed by atoms with Gasteiger partial charge in [-0.15, -0.1) is 23.2 Å². The lowest BCUT2D eigenvalue weighted by atomic mass is 10.2. The highest BCUT2D eigenvalue weighted by Gasteiger charge is 2.04. The van der Waals surface area contributed by atoms with Crippen LogP contribution >= 0.6 is 23.2 Å². The highest BCUT2D eigenvalue weighted by molar-refractivity contribution is 6.44. The van der Waals surface area contributed by atoms with Crippen molar-refractivity contribution in [3.05, 3.63) is 36.0 Å². The highest BCUT2D eigenvalue weighted by atomic mass is 35.5. The standard InChI is InChI=1S/C10H9Cl2N/c11-10(12)6-8-5-7-3-1-2-4-9(7)13-8/h1-5,10,13H,6H2. The molecule has 0 atom stereocenters. The first-order chi connectivity index (χ1) is 6.25. The molecular formula is C10H9Cl2N. The summed E-state index contributed by atoms with van der Waals surface area (Å²) >= 11 is 11.4. The van der Waals surface area contributed by atoms with Crippen LogP contribution in [0.15, 0.2) is 30.3 Å². The fourth-order valence-electron chi connectivity index (χ4n) is 1.41. The first kappa shape index (κ1) is 8.92. The fourth-order valence-corrected chi connectivity index (χ4v) is 1.74. The molecule has 1 heterocycles. The summed E-state index contributed by atoms with van der Waals surface area (Å²) in [5, 5.41) is 1.20. The fraction of sp³-hybridized carbons (Fsp3) is 0.200. The SMILES string of the molecule is ClC(Cl)Cc1cc2ccccc2[nH]1. The normalized spacial score (nSPS) is 11.3. The minimum atomic E-state index is -0.340. The van der Waals surface area contributed by atoms with Crippen molar-refractivity contribution in [3.8, 4) is 0 Å². The van der Waals surface area contributed by atoms with Crippen molar-refractivity contribution in [1.82, 2.24) is 4.98 Å². The van der Waals surface area contributed by atoms with Crippen LogP contribution in [-0.4, -0.2) is 9.82 Å². The third-order valence-corrected chi connectivity index (χ3v) is 2.27. The van der Waals surface area contributed by atoms with E-state index in [0.717, 1.165) is 11.2 Å². The summed E-state index contributed by atoms with van der Waals surface area (Å²) in [6.07, 6.45) is 0.664. The van der Waals surface area contributed by atoms with Crippen molar-refractivity contribution in [1.29, 1.82) is 0 Å². The van der Waals surface area contributed by atoms with Gasteiger partial charge in [0, 0.05) is 17.6 Å². The molecule has 0 saturated carbocycles. The van der Waals surface area contributed by atoms with Gasteiger partial charge >= 0.3 is 0 Å². The smallest absolute Gasteiger partial charge is 0.113 e. The molecule has 1 nitrogen and oxygen atoms in total. The lowest BCUT2D eigenvalue weighted by Gasteiger charge is -1.95. The van der Waals surface area contributed by atoms with E-state index in [1.165, 1.54) is 5.39 Å². The number of hydrogen-bond acceptors (Lipinski definition) is 0. The molecular weight excluding hydrogens is 205 g/mol. The minimum absolute atomic E-state index is 0.340. The molecule has 0 saturated heterocycles. The van der Waals surface area contributed by atoms with Gasteiger partial charge in [-0.3, -0.25) is 0 Å². The van der Waals surface area contributed by atoms with Gasteiger partial charge in [0.15, 0.2) is 0 Å². The lowest BCUT2D eigenvalue weighted by molar-refractivity contribution is 1.03. The molecule has 0 aliphatic carbocycles. The van der Waals surface area contributed by atoms with Crippen LogP contribution in [0.2, 0.25) is 0 Å².